The van der Waals surface area contributed by atoms with Gasteiger partial charge < -0.3 is 5.32 Å². The highest BCUT2D eigenvalue weighted by atomic mass is 19.4. The van der Waals surface area contributed by atoms with Crippen molar-refractivity contribution in [3.05, 3.63) is 75.6 Å². The Bertz CT molecular complexity index is 1040. The van der Waals surface area contributed by atoms with E-state index in [9.17, 15) is 28.1 Å². The first-order valence-electron chi connectivity index (χ1n) is 8.27. The second-order valence-corrected chi connectivity index (χ2v) is 6.13. The number of hydrogen-bond donors (Lipinski definition) is 1. The van der Waals surface area contributed by atoms with E-state index in [1.807, 2.05) is 0 Å². The third-order valence-electron chi connectivity index (χ3n) is 3.90. The van der Waals surface area contributed by atoms with Crippen molar-refractivity contribution in [2.75, 3.05) is 5.32 Å². The van der Waals surface area contributed by atoms with Crippen LogP contribution in [0.2, 0.25) is 0 Å². The van der Waals surface area contributed by atoms with E-state index in [4.69, 9.17) is 0 Å². The van der Waals surface area contributed by atoms with Gasteiger partial charge in [-0.25, -0.2) is 4.98 Å². The summed E-state index contributed by atoms with van der Waals surface area (Å²) in [5.41, 5.74) is 0.103. The van der Waals surface area contributed by atoms with E-state index >= 15 is 0 Å². The van der Waals surface area contributed by atoms with Gasteiger partial charge in [-0.2, -0.15) is 23.0 Å². The lowest BCUT2D eigenvalue weighted by molar-refractivity contribution is -0.384. The number of carbonyl (C=O) groups is 1. The minimum Gasteiger partial charge on any atom is -0.310 e. The molecule has 150 valence electrons. The van der Waals surface area contributed by atoms with Crippen molar-refractivity contribution in [3.8, 4) is 5.82 Å². The third kappa shape index (κ3) is 4.75. The molecule has 0 aliphatic heterocycles. The molecular weight excluding hydrogens is 391 g/mol. The maximum atomic E-state index is 12.7. The summed E-state index contributed by atoms with van der Waals surface area (Å²) in [4.78, 5) is 26.2. The number of amides is 1. The van der Waals surface area contributed by atoms with Gasteiger partial charge in [0.05, 0.1) is 22.6 Å². The van der Waals surface area contributed by atoms with Gasteiger partial charge in [-0.3, -0.25) is 14.9 Å². The van der Waals surface area contributed by atoms with E-state index in [0.29, 0.717) is 17.5 Å². The number of anilines is 1. The van der Waals surface area contributed by atoms with Gasteiger partial charge in [0.15, 0.2) is 5.82 Å². The summed E-state index contributed by atoms with van der Waals surface area (Å²) >= 11 is 0. The van der Waals surface area contributed by atoms with Crippen LogP contribution in [0.1, 0.15) is 16.8 Å². The molecule has 0 unspecified atom stereocenters. The van der Waals surface area contributed by atoms with Crippen LogP contribution in [0.25, 0.3) is 5.82 Å². The molecule has 2 aromatic heterocycles. The number of nitrogens with one attached hydrogen (secondary N) is 1. The standard InChI is InChI=1S/C18H14F3N5O3/c1-11-8-16(23-17(27)9-12-2-5-14(6-3-12)26(28)29)25(24-11)15-7-4-13(10-22-15)18(19,20)21/h2-8,10H,9H2,1H3,(H,23,27). The molecule has 3 aromatic rings. The van der Waals surface area contributed by atoms with Crippen LogP contribution in [-0.2, 0) is 17.4 Å². The minimum atomic E-state index is -4.51. The molecule has 29 heavy (non-hydrogen) atoms. The summed E-state index contributed by atoms with van der Waals surface area (Å²) in [6, 6.07) is 9.11. The number of benzene rings is 1. The van der Waals surface area contributed by atoms with E-state index in [-0.39, 0.29) is 23.7 Å². The van der Waals surface area contributed by atoms with Crippen molar-refractivity contribution in [1.82, 2.24) is 14.8 Å². The topological polar surface area (TPSA) is 103 Å². The number of alkyl halides is 3. The number of carbonyl (C=O) groups excluding carboxylic acids is 1. The summed E-state index contributed by atoms with van der Waals surface area (Å²) < 4.78 is 39.3. The van der Waals surface area contributed by atoms with Crippen LogP contribution in [0.15, 0.2) is 48.7 Å². The van der Waals surface area contributed by atoms with Gasteiger partial charge in [0.25, 0.3) is 5.69 Å². The molecule has 0 atom stereocenters. The van der Waals surface area contributed by atoms with Gasteiger partial charge in [0.1, 0.15) is 5.82 Å². The highest BCUT2D eigenvalue weighted by molar-refractivity contribution is 5.91. The molecule has 0 radical (unpaired) electrons. The van der Waals surface area contributed by atoms with E-state index in [1.54, 1.807) is 13.0 Å². The number of aromatic nitrogens is 3. The predicted octanol–water partition coefficient (Wildman–Crippen LogP) is 3.68. The average Bonchev–Trinajstić information content (AvgIpc) is 3.01. The second kappa shape index (κ2) is 7.70. The van der Waals surface area contributed by atoms with E-state index in [0.717, 1.165) is 12.1 Å². The Morgan fingerprint density at radius 1 is 1.21 bits per heavy atom. The molecule has 0 aliphatic rings. The smallest absolute Gasteiger partial charge is 0.310 e. The zero-order chi connectivity index (χ0) is 21.2. The molecule has 11 heteroatoms. The van der Waals surface area contributed by atoms with Crippen molar-refractivity contribution in [3.63, 3.8) is 0 Å². The number of nitro benzene ring substituents is 1. The number of hydrogen-bond acceptors (Lipinski definition) is 5. The number of nitrogens with zero attached hydrogens (tertiary/aromatic N) is 4. The van der Waals surface area contributed by atoms with E-state index in [1.165, 1.54) is 28.9 Å². The SMILES string of the molecule is Cc1cc(NC(=O)Cc2ccc([N+](=O)[O-])cc2)n(-c2ccc(C(F)(F)F)cn2)n1. The highest BCUT2D eigenvalue weighted by Crippen LogP contribution is 2.29. The maximum absolute atomic E-state index is 12.7. The maximum Gasteiger partial charge on any atom is 0.417 e. The van der Waals surface area contributed by atoms with Gasteiger partial charge in [0, 0.05) is 24.4 Å². The summed E-state index contributed by atoms with van der Waals surface area (Å²) in [6.45, 7) is 1.66. The van der Waals surface area contributed by atoms with Crippen molar-refractivity contribution >= 4 is 17.4 Å². The lowest BCUT2D eigenvalue weighted by atomic mass is 10.1. The first-order chi connectivity index (χ1) is 13.6. The van der Waals surface area contributed by atoms with Crippen LogP contribution in [0.5, 0.6) is 0 Å². The third-order valence-corrected chi connectivity index (χ3v) is 3.90. The Morgan fingerprint density at radius 3 is 2.45 bits per heavy atom. The fourth-order valence-corrected chi connectivity index (χ4v) is 2.55. The number of pyridine rings is 1. The number of aryl methyl sites for hydroxylation is 1. The Morgan fingerprint density at radius 2 is 1.90 bits per heavy atom. The van der Waals surface area contributed by atoms with Crippen molar-refractivity contribution in [2.45, 2.75) is 19.5 Å². The Kier molecular flexibility index (Phi) is 5.31. The van der Waals surface area contributed by atoms with Crippen LogP contribution in [0.4, 0.5) is 24.7 Å². The van der Waals surface area contributed by atoms with Crippen LogP contribution in [0, 0.1) is 17.0 Å². The quantitative estimate of drug-likeness (QED) is 0.515. The summed E-state index contributed by atoms with van der Waals surface area (Å²) in [5, 5.41) is 17.4. The van der Waals surface area contributed by atoms with Gasteiger partial charge in [-0.05, 0) is 24.6 Å². The zero-order valence-electron chi connectivity index (χ0n) is 15.0. The normalized spacial score (nSPS) is 11.3. The predicted molar refractivity (Wildman–Crippen MR) is 96.5 cm³/mol. The monoisotopic (exact) mass is 405 g/mol. The van der Waals surface area contributed by atoms with Crippen molar-refractivity contribution < 1.29 is 22.9 Å². The van der Waals surface area contributed by atoms with Gasteiger partial charge >= 0.3 is 6.18 Å². The molecule has 0 bridgehead atoms. The lowest BCUT2D eigenvalue weighted by Gasteiger charge is -2.10. The molecule has 0 aliphatic carbocycles. The summed E-state index contributed by atoms with van der Waals surface area (Å²) in [6.07, 6.45) is -3.87. The van der Waals surface area contributed by atoms with Gasteiger partial charge in [-0.1, -0.05) is 12.1 Å². The van der Waals surface area contributed by atoms with Crippen LogP contribution in [0.3, 0.4) is 0 Å². The Labute approximate surface area is 162 Å². The molecule has 1 aromatic carbocycles. The van der Waals surface area contributed by atoms with Gasteiger partial charge in [-0.15, -0.1) is 0 Å². The van der Waals surface area contributed by atoms with E-state index in [2.05, 4.69) is 15.4 Å². The average molecular weight is 405 g/mol. The largest absolute Gasteiger partial charge is 0.417 e. The zero-order valence-corrected chi connectivity index (χ0v) is 15.0. The second-order valence-electron chi connectivity index (χ2n) is 6.13. The number of rotatable bonds is 5. The van der Waals surface area contributed by atoms with Crippen LogP contribution >= 0.6 is 0 Å². The molecule has 0 saturated carbocycles. The van der Waals surface area contributed by atoms with Crippen LogP contribution in [-0.4, -0.2) is 25.6 Å². The molecule has 3 rings (SSSR count). The molecule has 2 heterocycles. The first kappa shape index (κ1) is 20.0. The number of halogens is 3. The molecule has 1 amide bonds. The minimum absolute atomic E-state index is 0.0529. The Hall–Kier alpha value is -3.76. The number of nitro groups is 1. The van der Waals surface area contributed by atoms with Crippen molar-refractivity contribution in [1.29, 1.82) is 0 Å². The fourth-order valence-electron chi connectivity index (χ4n) is 2.55. The van der Waals surface area contributed by atoms with Gasteiger partial charge in [0.2, 0.25) is 5.91 Å². The number of non-ortho nitro benzene ring substituents is 1. The van der Waals surface area contributed by atoms with E-state index < -0.39 is 22.6 Å². The fraction of sp³-hybridized carbons (Fsp3) is 0.167. The lowest BCUT2D eigenvalue weighted by Crippen LogP contribution is -2.17. The Balaban J connectivity index is 1.76. The summed E-state index contributed by atoms with van der Waals surface area (Å²) in [7, 11) is 0. The molecule has 0 saturated heterocycles. The molecule has 0 spiro atoms. The molecule has 1 N–H and O–H groups in total. The molecular formula is C18H14F3N5O3. The summed E-state index contributed by atoms with van der Waals surface area (Å²) in [5.74, 6) is -0.0784. The molecule has 0 fully saturated rings. The van der Waals surface area contributed by atoms with Crippen LogP contribution < -0.4 is 5.32 Å². The highest BCUT2D eigenvalue weighted by Gasteiger charge is 2.30. The molecule has 8 nitrogen and oxygen atoms in total. The van der Waals surface area contributed by atoms with Crippen molar-refractivity contribution in [2.24, 2.45) is 0 Å². The first-order valence-corrected chi connectivity index (χ1v) is 8.27.